The zero-order chi connectivity index (χ0) is 16.8. The van der Waals surface area contributed by atoms with Gasteiger partial charge < -0.3 is 15.8 Å². The van der Waals surface area contributed by atoms with Gasteiger partial charge in [0.15, 0.2) is 0 Å². The van der Waals surface area contributed by atoms with Crippen LogP contribution in [0.25, 0.3) is 0 Å². The third-order valence-corrected chi connectivity index (χ3v) is 3.12. The van der Waals surface area contributed by atoms with Crippen LogP contribution < -0.4 is 15.8 Å². The Morgan fingerprint density at radius 1 is 1.39 bits per heavy atom. The fourth-order valence-electron chi connectivity index (χ4n) is 1.73. The van der Waals surface area contributed by atoms with E-state index in [0.717, 1.165) is 6.42 Å². The lowest BCUT2D eigenvalue weighted by Crippen LogP contribution is -2.22. The van der Waals surface area contributed by atoms with Crippen LogP contribution in [0.3, 0.4) is 0 Å². The van der Waals surface area contributed by atoms with Crippen LogP contribution in [0.15, 0.2) is 30.6 Å². The number of nitrogen functional groups attached to an aromatic ring is 1. The number of aromatic nitrogens is 2. The van der Waals surface area contributed by atoms with Crippen LogP contribution in [0, 0.1) is 5.41 Å². The quantitative estimate of drug-likeness (QED) is 0.554. The molecular weight excluding hydrogens is 318 g/mol. The zero-order valence-electron chi connectivity index (χ0n) is 12.5. The Bertz CT molecular complexity index is 736. The van der Waals surface area contributed by atoms with Gasteiger partial charge in [-0.1, -0.05) is 24.9 Å². The third kappa shape index (κ3) is 4.65. The van der Waals surface area contributed by atoms with Gasteiger partial charge in [-0.05, 0) is 24.6 Å². The molecule has 8 heteroatoms. The van der Waals surface area contributed by atoms with Crippen LogP contribution in [-0.4, -0.2) is 21.6 Å². The van der Waals surface area contributed by atoms with E-state index in [1.54, 1.807) is 18.2 Å². The van der Waals surface area contributed by atoms with E-state index in [2.05, 4.69) is 15.3 Å². The summed E-state index contributed by atoms with van der Waals surface area (Å²) in [5.41, 5.74) is 6.14. The van der Waals surface area contributed by atoms with Crippen molar-refractivity contribution in [3.63, 3.8) is 0 Å². The molecule has 1 heterocycles. The van der Waals surface area contributed by atoms with Crippen LogP contribution in [-0.2, 0) is 4.79 Å². The van der Waals surface area contributed by atoms with Crippen molar-refractivity contribution in [2.24, 2.45) is 0 Å². The van der Waals surface area contributed by atoms with Crippen molar-refractivity contribution in [3.05, 3.63) is 35.6 Å². The second-order valence-electron chi connectivity index (χ2n) is 4.72. The van der Waals surface area contributed by atoms with Crippen LogP contribution in [0.4, 0.5) is 11.5 Å². The van der Waals surface area contributed by atoms with Gasteiger partial charge in [-0.2, -0.15) is 0 Å². The topological polar surface area (TPSA) is 114 Å². The summed E-state index contributed by atoms with van der Waals surface area (Å²) in [6.45, 7) is 1.90. The van der Waals surface area contributed by atoms with Gasteiger partial charge in [-0.3, -0.25) is 10.2 Å². The first-order valence-corrected chi connectivity index (χ1v) is 7.31. The number of amides is 1. The minimum atomic E-state index is -0.498. The van der Waals surface area contributed by atoms with E-state index in [9.17, 15) is 4.79 Å². The monoisotopic (exact) mass is 333 g/mol. The van der Waals surface area contributed by atoms with Crippen molar-refractivity contribution in [3.8, 4) is 11.6 Å². The molecular formula is C15H16ClN5O2. The Balaban J connectivity index is 2.10. The molecule has 0 aliphatic carbocycles. The molecule has 120 valence electrons. The van der Waals surface area contributed by atoms with Crippen LogP contribution in [0.5, 0.6) is 11.6 Å². The average Bonchev–Trinajstić information content (AvgIpc) is 2.51. The predicted molar refractivity (Wildman–Crippen MR) is 89.2 cm³/mol. The summed E-state index contributed by atoms with van der Waals surface area (Å²) in [5, 5.41) is 10.5. The maximum Gasteiger partial charge on any atom is 0.270 e. The first kappa shape index (κ1) is 16.7. The van der Waals surface area contributed by atoms with Crippen LogP contribution in [0.2, 0.25) is 5.02 Å². The minimum Gasteiger partial charge on any atom is -0.437 e. The number of rotatable bonds is 6. The van der Waals surface area contributed by atoms with Gasteiger partial charge in [-0.15, -0.1) is 0 Å². The lowest BCUT2D eigenvalue weighted by Gasteiger charge is -2.09. The first-order valence-electron chi connectivity index (χ1n) is 6.93. The second kappa shape index (κ2) is 7.55. The third-order valence-electron chi connectivity index (χ3n) is 2.83. The molecule has 1 aromatic heterocycles. The van der Waals surface area contributed by atoms with E-state index in [4.69, 9.17) is 27.5 Å². The molecule has 0 aliphatic heterocycles. The molecule has 0 saturated carbocycles. The Labute approximate surface area is 138 Å². The molecule has 1 amide bonds. The lowest BCUT2D eigenvalue weighted by molar-refractivity contribution is -0.110. The van der Waals surface area contributed by atoms with Crippen molar-refractivity contribution in [1.29, 1.82) is 5.41 Å². The molecule has 0 bridgehead atoms. The summed E-state index contributed by atoms with van der Waals surface area (Å²) in [7, 11) is 0. The molecule has 23 heavy (non-hydrogen) atoms. The number of anilines is 2. The number of nitrogens with two attached hydrogens (primary N) is 1. The fourth-order valence-corrected chi connectivity index (χ4v) is 1.96. The zero-order valence-corrected chi connectivity index (χ0v) is 13.2. The summed E-state index contributed by atoms with van der Waals surface area (Å²) in [6.07, 6.45) is 2.38. The molecule has 0 unspecified atom stereocenters. The summed E-state index contributed by atoms with van der Waals surface area (Å²) >= 11 is 6.03. The molecule has 0 fully saturated rings. The molecule has 7 nitrogen and oxygen atoms in total. The molecule has 0 aliphatic rings. The van der Waals surface area contributed by atoms with Gasteiger partial charge in [0.25, 0.3) is 5.91 Å². The lowest BCUT2D eigenvalue weighted by atomic mass is 10.2. The average molecular weight is 334 g/mol. The van der Waals surface area contributed by atoms with E-state index in [1.807, 2.05) is 6.92 Å². The molecule has 0 spiro atoms. The van der Waals surface area contributed by atoms with Gasteiger partial charge in [0.1, 0.15) is 17.9 Å². The van der Waals surface area contributed by atoms with Gasteiger partial charge in [0.2, 0.25) is 5.88 Å². The smallest absolute Gasteiger partial charge is 0.270 e. The number of hydrogen-bond acceptors (Lipinski definition) is 6. The van der Waals surface area contributed by atoms with E-state index in [0.29, 0.717) is 22.9 Å². The number of hydrogen-bond donors (Lipinski definition) is 3. The highest BCUT2D eigenvalue weighted by Gasteiger charge is 2.11. The largest absolute Gasteiger partial charge is 0.437 e. The first-order chi connectivity index (χ1) is 11.0. The van der Waals surface area contributed by atoms with E-state index in [-0.39, 0.29) is 17.4 Å². The van der Waals surface area contributed by atoms with Crippen molar-refractivity contribution in [2.45, 2.75) is 19.8 Å². The number of benzene rings is 1. The Hall–Kier alpha value is -2.67. The number of carbonyl (C=O) groups is 1. The molecule has 1 aromatic carbocycles. The number of halogens is 1. The van der Waals surface area contributed by atoms with E-state index in [1.165, 1.54) is 12.4 Å². The number of nitrogens with zero attached hydrogens (tertiary/aromatic N) is 2. The maximum absolute atomic E-state index is 11.8. The standard InChI is InChI=1S/C15H16ClN5O2/c1-2-3-11(18)15(22)21-13-7-14(20-8-19-13)23-12-5-4-9(17)6-10(12)16/h4-8,18H,2-3,17H2,1H3,(H,19,20,21,22). The van der Waals surface area contributed by atoms with Crippen LogP contribution in [0.1, 0.15) is 19.8 Å². The fraction of sp³-hybridized carbons (Fsp3) is 0.200. The highest BCUT2D eigenvalue weighted by Crippen LogP contribution is 2.30. The Morgan fingerprint density at radius 3 is 2.87 bits per heavy atom. The number of ether oxygens (including phenoxy) is 1. The number of nitrogens with one attached hydrogen (secondary N) is 2. The second-order valence-corrected chi connectivity index (χ2v) is 5.12. The van der Waals surface area contributed by atoms with E-state index < -0.39 is 5.91 Å². The number of carbonyl (C=O) groups excluding carboxylic acids is 1. The van der Waals surface area contributed by atoms with Crippen molar-refractivity contribution < 1.29 is 9.53 Å². The Kier molecular flexibility index (Phi) is 5.48. The Morgan fingerprint density at radius 2 is 2.17 bits per heavy atom. The van der Waals surface area contributed by atoms with Gasteiger partial charge in [-0.25, -0.2) is 9.97 Å². The normalized spacial score (nSPS) is 10.2. The van der Waals surface area contributed by atoms with E-state index >= 15 is 0 Å². The molecule has 4 N–H and O–H groups in total. The highest BCUT2D eigenvalue weighted by molar-refractivity contribution is 6.41. The van der Waals surface area contributed by atoms with Crippen molar-refractivity contribution >= 4 is 34.7 Å². The molecule has 0 saturated heterocycles. The van der Waals surface area contributed by atoms with Crippen LogP contribution >= 0.6 is 11.6 Å². The van der Waals surface area contributed by atoms with Crippen molar-refractivity contribution in [2.75, 3.05) is 11.1 Å². The predicted octanol–water partition coefficient (Wildman–Crippen LogP) is 3.26. The van der Waals surface area contributed by atoms with Gasteiger partial charge in [0, 0.05) is 11.8 Å². The molecule has 0 atom stereocenters. The summed E-state index contributed by atoms with van der Waals surface area (Å²) in [6, 6.07) is 6.28. The SMILES string of the molecule is CCCC(=N)C(=O)Nc1cc(Oc2ccc(N)cc2Cl)ncn1. The maximum atomic E-state index is 11.8. The minimum absolute atomic E-state index is 0.00448. The highest BCUT2D eigenvalue weighted by atomic mass is 35.5. The molecule has 2 rings (SSSR count). The molecule has 0 radical (unpaired) electrons. The van der Waals surface area contributed by atoms with Gasteiger partial charge in [0.05, 0.1) is 10.7 Å². The van der Waals surface area contributed by atoms with Gasteiger partial charge >= 0.3 is 0 Å². The molecule has 2 aromatic rings. The summed E-state index contributed by atoms with van der Waals surface area (Å²) in [5.74, 6) is 0.342. The van der Waals surface area contributed by atoms with Crippen molar-refractivity contribution in [1.82, 2.24) is 9.97 Å². The summed E-state index contributed by atoms with van der Waals surface area (Å²) in [4.78, 5) is 19.7. The summed E-state index contributed by atoms with van der Waals surface area (Å²) < 4.78 is 5.55.